The van der Waals surface area contributed by atoms with Gasteiger partial charge in [-0.15, -0.1) is 0 Å². The number of benzene rings is 2. The fourth-order valence-corrected chi connectivity index (χ4v) is 8.48. The van der Waals surface area contributed by atoms with Gasteiger partial charge in [-0.3, -0.25) is 19.2 Å². The molecule has 11 heteroatoms. The predicted octanol–water partition coefficient (Wildman–Crippen LogP) is 3.79. The molecule has 0 atom stereocenters. The zero-order valence-corrected chi connectivity index (χ0v) is 27.3. The van der Waals surface area contributed by atoms with Crippen LogP contribution in [-0.2, 0) is 38.1 Å². The highest BCUT2D eigenvalue weighted by atomic mass is 28.4. The molecule has 0 saturated heterocycles. The van der Waals surface area contributed by atoms with Crippen LogP contribution in [0, 0.1) is 5.92 Å². The lowest BCUT2D eigenvalue weighted by atomic mass is 9.90. The summed E-state index contributed by atoms with van der Waals surface area (Å²) in [6, 6.07) is 19.4. The lowest BCUT2D eigenvalue weighted by Crippen LogP contribution is -2.65. The van der Waals surface area contributed by atoms with Crippen LogP contribution in [0.25, 0.3) is 0 Å². The van der Waals surface area contributed by atoms with Gasteiger partial charge in [-0.25, -0.2) is 0 Å². The lowest BCUT2D eigenvalue weighted by molar-refractivity contribution is -0.147. The van der Waals surface area contributed by atoms with Crippen molar-refractivity contribution < 1.29 is 49.4 Å². The van der Waals surface area contributed by atoms with Crippen molar-refractivity contribution in [3.8, 4) is 0 Å². The first-order chi connectivity index (χ1) is 20.8. The van der Waals surface area contributed by atoms with Gasteiger partial charge >= 0.3 is 23.9 Å². The number of rotatable bonds is 13. The third-order valence-corrected chi connectivity index (χ3v) is 11.3. The Morgan fingerprint density at radius 2 is 1.02 bits per heavy atom. The van der Waals surface area contributed by atoms with Crippen molar-refractivity contribution in [1.82, 2.24) is 0 Å². The average Bonchev–Trinajstić information content (AvgIpc) is 3.01. The van der Waals surface area contributed by atoms with Crippen molar-refractivity contribution in [2.75, 3.05) is 28.4 Å². The molecule has 0 unspecified atom stereocenters. The molecule has 10 nitrogen and oxygen atoms in total. The highest BCUT2D eigenvalue weighted by Gasteiger charge is 2.50. The SMILES string of the molecule is C.COC(=O)CC(CC(=O)OC)CC(C)(C)[Si](O)(c1ccccc1)c1ccccc1.COC(=O)CC(O)CC(=O)OC.[2H]CC. The first-order valence-electron chi connectivity index (χ1n) is 14.5. The van der Waals surface area contributed by atoms with Crippen LogP contribution in [-0.4, -0.2) is 76.6 Å². The van der Waals surface area contributed by atoms with E-state index in [1.165, 1.54) is 28.4 Å². The normalized spacial score (nSPS) is 10.9. The monoisotopic (exact) mass is 637 g/mol. The van der Waals surface area contributed by atoms with Gasteiger partial charge in [0.05, 0.1) is 47.4 Å². The van der Waals surface area contributed by atoms with Crippen molar-refractivity contribution in [2.45, 2.75) is 78.3 Å². The topological polar surface area (TPSA) is 146 Å². The standard InChI is InChI=1S/C23H30O5Si.C7H12O5.C2H6.CH4/c1-23(2,17-18(15-21(24)27-3)16-22(25)28-4)29(26,19-11-7-5-8-12-19)20-13-9-6-10-14-20;1-11-6(9)3-5(8)4-7(10)12-2;1-2;/h5-14,18,26H,15-17H2,1-4H3;5,8H,3-4H2,1-2H3;1-2H3;1H4/i;;1D;. The van der Waals surface area contributed by atoms with E-state index in [4.69, 9.17) is 16.0 Å². The van der Waals surface area contributed by atoms with Gasteiger partial charge < -0.3 is 28.8 Å². The van der Waals surface area contributed by atoms with Crippen LogP contribution in [0.2, 0.25) is 5.04 Å². The molecule has 0 spiro atoms. The molecule has 0 bridgehead atoms. The second-order valence-electron chi connectivity index (χ2n) is 10.2. The Kier molecular flexibility index (Phi) is 20.3. The Morgan fingerprint density at radius 1 is 0.727 bits per heavy atom. The number of carbonyl (C=O) groups is 4. The highest BCUT2D eigenvalue weighted by Crippen LogP contribution is 2.43. The predicted molar refractivity (Wildman–Crippen MR) is 173 cm³/mol. The zero-order chi connectivity index (χ0) is 33.8. The molecule has 248 valence electrons. The first-order valence-corrected chi connectivity index (χ1v) is 15.8. The molecule has 44 heavy (non-hydrogen) atoms. The van der Waals surface area contributed by atoms with E-state index in [0.29, 0.717) is 13.3 Å². The fraction of sp³-hybridized carbons (Fsp3) is 0.515. The molecule has 0 amide bonds. The van der Waals surface area contributed by atoms with E-state index in [1.54, 1.807) is 6.92 Å². The van der Waals surface area contributed by atoms with Gasteiger partial charge in [0.15, 0.2) is 0 Å². The molecule has 0 fully saturated rings. The van der Waals surface area contributed by atoms with Gasteiger partial charge in [0.1, 0.15) is 0 Å². The van der Waals surface area contributed by atoms with Crippen LogP contribution < -0.4 is 10.4 Å². The summed E-state index contributed by atoms with van der Waals surface area (Å²) >= 11 is 0. The maximum absolute atomic E-state index is 12.2. The van der Waals surface area contributed by atoms with Crippen LogP contribution in [0.3, 0.4) is 0 Å². The van der Waals surface area contributed by atoms with E-state index in [9.17, 15) is 24.0 Å². The molecule has 0 aliphatic carbocycles. The largest absolute Gasteiger partial charge is 0.469 e. The number of ether oxygens (including phenoxy) is 4. The molecular formula is C33H52O10Si. The summed E-state index contributed by atoms with van der Waals surface area (Å²) in [6.07, 6.45) is -0.725. The average molecular weight is 638 g/mol. The summed E-state index contributed by atoms with van der Waals surface area (Å²) in [7, 11) is 1.88. The van der Waals surface area contributed by atoms with Crippen molar-refractivity contribution in [1.29, 1.82) is 0 Å². The quantitative estimate of drug-likeness (QED) is 0.189. The van der Waals surface area contributed by atoms with Gasteiger partial charge in [0.2, 0.25) is 0 Å². The number of hydrogen-bond acceptors (Lipinski definition) is 10. The fourth-order valence-electron chi connectivity index (χ4n) is 4.65. The minimum absolute atomic E-state index is 0. The zero-order valence-electron chi connectivity index (χ0n) is 27.3. The number of aliphatic hydroxyl groups excluding tert-OH is 1. The van der Waals surface area contributed by atoms with Crippen LogP contribution in [0.15, 0.2) is 60.7 Å². The minimum Gasteiger partial charge on any atom is -0.469 e. The summed E-state index contributed by atoms with van der Waals surface area (Å²) < 4.78 is 24.4. The number of esters is 4. The second-order valence-corrected chi connectivity index (χ2v) is 14.1. The molecule has 0 radical (unpaired) electrons. The summed E-state index contributed by atoms with van der Waals surface area (Å²) in [6.45, 7) is 6.32. The van der Waals surface area contributed by atoms with E-state index < -0.39 is 31.4 Å². The van der Waals surface area contributed by atoms with Gasteiger partial charge in [0, 0.05) is 14.2 Å². The molecule has 2 aromatic carbocycles. The molecular weight excluding hydrogens is 584 g/mol. The Labute approximate surface area is 265 Å². The van der Waals surface area contributed by atoms with E-state index in [0.717, 1.165) is 10.4 Å². The Bertz CT molecular complexity index is 1050. The Hall–Kier alpha value is -3.54. The second kappa shape index (κ2) is 22.0. The van der Waals surface area contributed by atoms with Crippen molar-refractivity contribution >= 4 is 42.6 Å². The molecule has 2 aromatic rings. The van der Waals surface area contributed by atoms with E-state index >= 15 is 0 Å². The summed E-state index contributed by atoms with van der Waals surface area (Å²) in [5.41, 5.74) is 0. The number of methoxy groups -OCH3 is 4. The lowest BCUT2D eigenvalue weighted by Gasteiger charge is -2.43. The number of carbonyl (C=O) groups excluding carboxylic acids is 4. The molecule has 0 aliphatic heterocycles. The highest BCUT2D eigenvalue weighted by molar-refractivity contribution is 6.98. The summed E-state index contributed by atoms with van der Waals surface area (Å²) in [5, 5.41) is 10.3. The molecule has 2 N–H and O–H groups in total. The van der Waals surface area contributed by atoms with Crippen LogP contribution >= 0.6 is 0 Å². The maximum atomic E-state index is 12.2. The molecule has 2 rings (SSSR count). The molecule has 0 saturated carbocycles. The van der Waals surface area contributed by atoms with Crippen molar-refractivity contribution in [3.05, 3.63) is 60.7 Å². The molecule has 0 aliphatic rings. The molecule has 0 heterocycles. The van der Waals surface area contributed by atoms with E-state index in [-0.39, 0.29) is 51.0 Å². The van der Waals surface area contributed by atoms with Gasteiger partial charge in [0.25, 0.3) is 8.32 Å². The van der Waals surface area contributed by atoms with E-state index in [2.05, 4.69) is 9.47 Å². The number of aliphatic hydroxyl groups is 1. The third kappa shape index (κ3) is 13.8. The van der Waals surface area contributed by atoms with Crippen LogP contribution in [0.4, 0.5) is 0 Å². The third-order valence-electron chi connectivity index (χ3n) is 6.79. The van der Waals surface area contributed by atoms with Crippen molar-refractivity contribution in [3.63, 3.8) is 0 Å². The summed E-state index contributed by atoms with van der Waals surface area (Å²) in [4.78, 5) is 57.2. The van der Waals surface area contributed by atoms with Gasteiger partial charge in [-0.1, -0.05) is 95.8 Å². The Morgan fingerprint density at radius 3 is 1.32 bits per heavy atom. The smallest absolute Gasteiger partial charge is 0.308 e. The van der Waals surface area contributed by atoms with E-state index in [1.807, 2.05) is 74.5 Å². The molecule has 0 aromatic heterocycles. The summed E-state index contributed by atoms with van der Waals surface area (Å²) in [5.74, 6) is -2.15. The minimum atomic E-state index is -3.22. The first kappa shape index (κ1) is 40.5. The number of hydrogen-bond donors (Lipinski definition) is 2. The van der Waals surface area contributed by atoms with Gasteiger partial charge in [-0.05, 0) is 27.8 Å². The van der Waals surface area contributed by atoms with Gasteiger partial charge in [-0.2, -0.15) is 0 Å². The Balaban J connectivity index is 0. The van der Waals surface area contributed by atoms with Crippen LogP contribution in [0.1, 0.15) is 68.6 Å². The van der Waals surface area contributed by atoms with Crippen LogP contribution in [0.5, 0.6) is 0 Å². The maximum Gasteiger partial charge on any atom is 0.308 e. The van der Waals surface area contributed by atoms with Crippen molar-refractivity contribution in [2.24, 2.45) is 5.92 Å².